The van der Waals surface area contributed by atoms with Gasteiger partial charge in [-0.25, -0.2) is 4.79 Å². The Labute approximate surface area is 173 Å². The summed E-state index contributed by atoms with van der Waals surface area (Å²) < 4.78 is 0. The number of aromatic nitrogens is 1. The van der Waals surface area contributed by atoms with E-state index in [2.05, 4.69) is 10.3 Å². The van der Waals surface area contributed by atoms with Crippen LogP contribution in [0.25, 0.3) is 5.57 Å². The molecule has 3 rings (SSSR count). The van der Waals surface area contributed by atoms with Gasteiger partial charge in [-0.15, -0.1) is 11.6 Å². The van der Waals surface area contributed by atoms with Crippen LogP contribution in [-0.4, -0.2) is 31.9 Å². The van der Waals surface area contributed by atoms with Crippen LogP contribution in [0.2, 0.25) is 0 Å². The van der Waals surface area contributed by atoms with Crippen molar-refractivity contribution in [1.82, 2.24) is 4.98 Å². The van der Waals surface area contributed by atoms with Gasteiger partial charge in [0, 0.05) is 25.2 Å². The third-order valence-electron chi connectivity index (χ3n) is 4.75. The van der Waals surface area contributed by atoms with Crippen molar-refractivity contribution in [3.8, 4) is 0 Å². The predicted molar refractivity (Wildman–Crippen MR) is 112 cm³/mol. The first-order chi connectivity index (χ1) is 13.8. The topological polar surface area (TPSA) is 99.5 Å². The minimum Gasteiger partial charge on any atom is -0.512 e. The summed E-state index contributed by atoms with van der Waals surface area (Å²) in [6.07, 6.45) is 7.21. The van der Waals surface area contributed by atoms with E-state index >= 15 is 0 Å². The van der Waals surface area contributed by atoms with Crippen LogP contribution in [0, 0.1) is 0 Å². The quantitative estimate of drug-likeness (QED) is 0.603. The Morgan fingerprint density at radius 2 is 1.93 bits per heavy atom. The molecule has 1 aromatic carbocycles. The van der Waals surface area contributed by atoms with Crippen molar-refractivity contribution in [3.05, 3.63) is 77.3 Å². The molecule has 1 heterocycles. The molecular weight excluding hydrogens is 392 g/mol. The van der Waals surface area contributed by atoms with Crippen LogP contribution in [-0.2, 0) is 11.2 Å². The molecular formula is C22H21ClN2O4. The van der Waals surface area contributed by atoms with Crippen LogP contribution in [0.1, 0.15) is 41.3 Å². The maximum absolute atomic E-state index is 12.2. The summed E-state index contributed by atoms with van der Waals surface area (Å²) in [4.78, 5) is 26.5. The monoisotopic (exact) mass is 412 g/mol. The molecule has 1 unspecified atom stereocenters. The van der Waals surface area contributed by atoms with E-state index in [-0.39, 0.29) is 29.3 Å². The highest BCUT2D eigenvalue weighted by molar-refractivity contribution is 6.30. The standard InChI is InChI=1S/C22H21ClN2O4/c1-22(23)12-16(26)7-8-18(22)15-5-2-14(3-6-15)4-9-20(27)25-19-10-11-24-13-17(19)21(28)29/h2-3,5-8,10-11,13,26H,4,9,12H2,1H3,(H,28,29)(H,24,25,27). The number of aromatic carboxylic acids is 1. The zero-order valence-electron chi connectivity index (χ0n) is 15.9. The van der Waals surface area contributed by atoms with Crippen molar-refractivity contribution in [3.63, 3.8) is 0 Å². The Bertz CT molecular complexity index is 994. The van der Waals surface area contributed by atoms with Crippen molar-refractivity contribution in [2.24, 2.45) is 0 Å². The second-order valence-corrected chi connectivity index (χ2v) is 7.92. The Morgan fingerprint density at radius 1 is 1.21 bits per heavy atom. The van der Waals surface area contributed by atoms with E-state index in [1.807, 2.05) is 37.3 Å². The van der Waals surface area contributed by atoms with Crippen molar-refractivity contribution >= 4 is 34.7 Å². The second-order valence-electron chi connectivity index (χ2n) is 7.08. The number of alkyl halides is 1. The molecule has 2 aromatic rings. The van der Waals surface area contributed by atoms with Crippen LogP contribution in [0.3, 0.4) is 0 Å². The zero-order valence-corrected chi connectivity index (χ0v) is 16.6. The number of hydrogen-bond acceptors (Lipinski definition) is 4. The zero-order chi connectivity index (χ0) is 21.0. The van der Waals surface area contributed by atoms with Gasteiger partial charge in [-0.3, -0.25) is 9.78 Å². The molecule has 1 amide bonds. The lowest BCUT2D eigenvalue weighted by Gasteiger charge is -2.28. The number of benzene rings is 1. The van der Waals surface area contributed by atoms with Gasteiger partial charge in [0.2, 0.25) is 5.91 Å². The number of amides is 1. The number of nitrogens with zero attached hydrogens (tertiary/aromatic N) is 1. The number of aliphatic hydroxyl groups excluding tert-OH is 1. The first kappa shape index (κ1) is 20.6. The van der Waals surface area contributed by atoms with Crippen molar-refractivity contribution < 1.29 is 19.8 Å². The van der Waals surface area contributed by atoms with Crippen LogP contribution in [0.15, 0.2) is 60.6 Å². The third kappa shape index (κ3) is 5.03. The van der Waals surface area contributed by atoms with E-state index in [0.717, 1.165) is 16.7 Å². The summed E-state index contributed by atoms with van der Waals surface area (Å²) in [5.41, 5.74) is 3.05. The van der Waals surface area contributed by atoms with E-state index < -0.39 is 10.8 Å². The number of carbonyl (C=O) groups is 2. The minimum atomic E-state index is -1.14. The van der Waals surface area contributed by atoms with E-state index in [4.69, 9.17) is 16.7 Å². The number of carbonyl (C=O) groups excluding carboxylic acids is 1. The summed E-state index contributed by atoms with van der Waals surface area (Å²) >= 11 is 6.55. The van der Waals surface area contributed by atoms with Crippen molar-refractivity contribution in [1.29, 1.82) is 0 Å². The highest BCUT2D eigenvalue weighted by Gasteiger charge is 2.30. The minimum absolute atomic E-state index is 0.0461. The molecule has 0 aliphatic heterocycles. The highest BCUT2D eigenvalue weighted by atomic mass is 35.5. The number of carboxylic acid groups (broad SMARTS) is 1. The van der Waals surface area contributed by atoms with Gasteiger partial charge in [-0.1, -0.05) is 30.3 Å². The fourth-order valence-corrected chi connectivity index (χ4v) is 3.55. The van der Waals surface area contributed by atoms with E-state index in [9.17, 15) is 14.7 Å². The van der Waals surface area contributed by atoms with Crippen LogP contribution >= 0.6 is 11.6 Å². The lowest BCUT2D eigenvalue weighted by molar-refractivity contribution is -0.116. The molecule has 0 radical (unpaired) electrons. The first-order valence-electron chi connectivity index (χ1n) is 9.12. The van der Waals surface area contributed by atoms with Gasteiger partial charge in [0.05, 0.1) is 16.3 Å². The summed E-state index contributed by atoms with van der Waals surface area (Å²) in [6.45, 7) is 1.87. The third-order valence-corrected chi connectivity index (χ3v) is 5.09. The number of pyridine rings is 1. The maximum Gasteiger partial charge on any atom is 0.339 e. The Kier molecular flexibility index (Phi) is 6.03. The molecule has 7 heteroatoms. The molecule has 3 N–H and O–H groups in total. The van der Waals surface area contributed by atoms with Crippen LogP contribution in [0.5, 0.6) is 0 Å². The first-order valence-corrected chi connectivity index (χ1v) is 9.50. The van der Waals surface area contributed by atoms with Gasteiger partial charge in [0.15, 0.2) is 0 Å². The molecule has 29 heavy (non-hydrogen) atoms. The van der Waals surface area contributed by atoms with E-state index in [1.54, 1.807) is 6.08 Å². The van der Waals surface area contributed by atoms with E-state index in [0.29, 0.717) is 12.8 Å². The fourth-order valence-electron chi connectivity index (χ4n) is 3.24. The molecule has 0 fully saturated rings. The smallest absolute Gasteiger partial charge is 0.339 e. The number of hydrogen-bond donors (Lipinski definition) is 3. The number of aryl methyl sites for hydroxylation is 1. The number of aliphatic hydroxyl groups is 1. The fraction of sp³-hybridized carbons (Fsp3) is 0.227. The molecule has 0 spiro atoms. The Hall–Kier alpha value is -3.12. The molecule has 1 aromatic heterocycles. The summed E-state index contributed by atoms with van der Waals surface area (Å²) in [5, 5.41) is 21.5. The maximum atomic E-state index is 12.2. The molecule has 1 aliphatic carbocycles. The number of nitrogens with one attached hydrogen (secondary N) is 1. The van der Waals surface area contributed by atoms with Crippen molar-refractivity contribution in [2.75, 3.05) is 5.32 Å². The average molecular weight is 413 g/mol. The molecule has 0 bridgehead atoms. The van der Waals surface area contributed by atoms with Crippen LogP contribution < -0.4 is 5.32 Å². The van der Waals surface area contributed by atoms with Gasteiger partial charge in [0.25, 0.3) is 0 Å². The number of halogens is 1. The molecule has 1 aliphatic rings. The number of carboxylic acids is 1. The predicted octanol–water partition coefficient (Wildman–Crippen LogP) is 4.58. The second kappa shape index (κ2) is 8.49. The Balaban J connectivity index is 1.62. The molecule has 0 saturated heterocycles. The lowest BCUT2D eigenvalue weighted by Crippen LogP contribution is -2.22. The highest BCUT2D eigenvalue weighted by Crippen LogP contribution is 2.40. The average Bonchev–Trinajstić information content (AvgIpc) is 2.66. The summed E-state index contributed by atoms with van der Waals surface area (Å²) in [5.74, 6) is -1.16. The van der Waals surface area contributed by atoms with E-state index in [1.165, 1.54) is 18.5 Å². The Morgan fingerprint density at radius 3 is 2.59 bits per heavy atom. The lowest BCUT2D eigenvalue weighted by atomic mass is 9.86. The molecule has 6 nitrogen and oxygen atoms in total. The van der Waals surface area contributed by atoms with Crippen molar-refractivity contribution in [2.45, 2.75) is 31.1 Å². The number of anilines is 1. The summed E-state index contributed by atoms with van der Waals surface area (Å²) in [7, 11) is 0. The molecule has 0 saturated carbocycles. The van der Waals surface area contributed by atoms with Gasteiger partial charge in [0.1, 0.15) is 5.56 Å². The van der Waals surface area contributed by atoms with Gasteiger partial charge < -0.3 is 15.5 Å². The number of allylic oxidation sites excluding steroid dienone is 4. The normalized spacial score (nSPS) is 18.6. The van der Waals surface area contributed by atoms with Gasteiger partial charge in [-0.05, 0) is 42.2 Å². The SMILES string of the molecule is CC1(Cl)CC(O)=CC=C1c1ccc(CCC(=O)Nc2ccncc2C(=O)O)cc1. The molecule has 1 atom stereocenters. The summed E-state index contributed by atoms with van der Waals surface area (Å²) in [6, 6.07) is 9.22. The largest absolute Gasteiger partial charge is 0.512 e. The van der Waals surface area contributed by atoms with Gasteiger partial charge in [-0.2, -0.15) is 0 Å². The van der Waals surface area contributed by atoms with Gasteiger partial charge >= 0.3 is 5.97 Å². The number of rotatable bonds is 6. The van der Waals surface area contributed by atoms with Crippen LogP contribution in [0.4, 0.5) is 5.69 Å². The molecule has 150 valence electrons.